The molecule has 1 atom stereocenters. The molecular weight excluding hydrogens is 172 g/mol. The van der Waals surface area contributed by atoms with Crippen molar-refractivity contribution in [3.8, 4) is 0 Å². The Morgan fingerprint density at radius 1 is 1.29 bits per heavy atom. The summed E-state index contributed by atoms with van der Waals surface area (Å²) in [7, 11) is 0. The van der Waals surface area contributed by atoms with Gasteiger partial charge in [-0.1, -0.05) is 43.2 Å². The predicted octanol–water partition coefficient (Wildman–Crippen LogP) is 2.38. The second-order valence-corrected chi connectivity index (χ2v) is 4.15. The molecule has 0 radical (unpaired) electrons. The number of nitrogens with one attached hydrogen (secondary N) is 1. The summed E-state index contributed by atoms with van der Waals surface area (Å²) in [6.07, 6.45) is 5.31. The molecule has 1 aromatic rings. The minimum Gasteiger partial charge on any atom is -0.271 e. The van der Waals surface area contributed by atoms with Gasteiger partial charge in [-0.25, -0.2) is 0 Å². The van der Waals surface area contributed by atoms with Gasteiger partial charge in [-0.05, 0) is 24.3 Å². The number of nitrogens with two attached hydrogens (primary N) is 1. The summed E-state index contributed by atoms with van der Waals surface area (Å²) >= 11 is 0. The van der Waals surface area contributed by atoms with E-state index in [4.69, 9.17) is 5.84 Å². The normalized spacial score (nSPS) is 18.1. The summed E-state index contributed by atoms with van der Waals surface area (Å²) < 4.78 is 0. The van der Waals surface area contributed by atoms with Crippen LogP contribution in [0.5, 0.6) is 0 Å². The molecule has 2 heteroatoms. The first kappa shape index (κ1) is 9.69. The van der Waals surface area contributed by atoms with Crippen LogP contribution in [0.1, 0.15) is 37.3 Å². The van der Waals surface area contributed by atoms with Gasteiger partial charge in [0, 0.05) is 6.04 Å². The molecular formula is C12H18N2. The Labute approximate surface area is 85.5 Å². The van der Waals surface area contributed by atoms with Crippen molar-refractivity contribution >= 4 is 0 Å². The molecule has 1 aliphatic carbocycles. The number of rotatable bonds is 5. The summed E-state index contributed by atoms with van der Waals surface area (Å²) in [6, 6.07) is 10.8. The lowest BCUT2D eigenvalue weighted by Gasteiger charge is -2.15. The summed E-state index contributed by atoms with van der Waals surface area (Å²) in [6.45, 7) is 0. The number of hydrogen-bond donors (Lipinski definition) is 2. The Bertz CT molecular complexity index is 267. The van der Waals surface area contributed by atoms with Crippen molar-refractivity contribution in [1.82, 2.24) is 5.43 Å². The van der Waals surface area contributed by atoms with Gasteiger partial charge in [0.1, 0.15) is 0 Å². The molecule has 2 rings (SSSR count). The van der Waals surface area contributed by atoms with E-state index in [0.717, 1.165) is 12.3 Å². The molecule has 1 fully saturated rings. The topological polar surface area (TPSA) is 38.0 Å². The van der Waals surface area contributed by atoms with E-state index in [9.17, 15) is 0 Å². The van der Waals surface area contributed by atoms with Crippen molar-refractivity contribution in [3.63, 3.8) is 0 Å². The van der Waals surface area contributed by atoms with E-state index in [0.29, 0.717) is 6.04 Å². The molecule has 1 aliphatic rings. The van der Waals surface area contributed by atoms with Gasteiger partial charge in [-0.2, -0.15) is 0 Å². The molecule has 2 nitrogen and oxygen atoms in total. The van der Waals surface area contributed by atoms with Crippen LogP contribution in [0.15, 0.2) is 30.3 Å². The molecule has 0 spiro atoms. The Morgan fingerprint density at radius 2 is 2.00 bits per heavy atom. The Balaban J connectivity index is 1.90. The van der Waals surface area contributed by atoms with Crippen LogP contribution in [0, 0.1) is 5.92 Å². The smallest absolute Gasteiger partial charge is 0.0460 e. The van der Waals surface area contributed by atoms with Crippen LogP contribution in [0.3, 0.4) is 0 Å². The zero-order valence-electron chi connectivity index (χ0n) is 8.45. The van der Waals surface area contributed by atoms with Gasteiger partial charge >= 0.3 is 0 Å². The van der Waals surface area contributed by atoms with Crippen molar-refractivity contribution < 1.29 is 0 Å². The van der Waals surface area contributed by atoms with Gasteiger partial charge in [0.2, 0.25) is 0 Å². The first-order valence-corrected chi connectivity index (χ1v) is 5.41. The third-order valence-corrected chi connectivity index (χ3v) is 2.96. The molecule has 0 aromatic heterocycles. The first-order chi connectivity index (χ1) is 6.90. The van der Waals surface area contributed by atoms with Gasteiger partial charge in [0.15, 0.2) is 0 Å². The molecule has 3 N–H and O–H groups in total. The maximum Gasteiger partial charge on any atom is 0.0460 e. The highest BCUT2D eigenvalue weighted by Crippen LogP contribution is 2.35. The molecule has 1 unspecified atom stereocenters. The second kappa shape index (κ2) is 4.58. The lowest BCUT2D eigenvalue weighted by Crippen LogP contribution is -2.28. The average Bonchev–Trinajstić information content (AvgIpc) is 3.04. The van der Waals surface area contributed by atoms with E-state index in [1.165, 1.54) is 24.8 Å². The van der Waals surface area contributed by atoms with Gasteiger partial charge in [0.05, 0.1) is 0 Å². The zero-order chi connectivity index (χ0) is 9.80. The van der Waals surface area contributed by atoms with Crippen LogP contribution in [0.25, 0.3) is 0 Å². The maximum atomic E-state index is 5.56. The van der Waals surface area contributed by atoms with E-state index in [1.54, 1.807) is 0 Å². The quantitative estimate of drug-likeness (QED) is 0.552. The molecule has 0 heterocycles. The monoisotopic (exact) mass is 190 g/mol. The van der Waals surface area contributed by atoms with Gasteiger partial charge < -0.3 is 0 Å². The highest BCUT2D eigenvalue weighted by Gasteiger charge is 2.22. The van der Waals surface area contributed by atoms with E-state index < -0.39 is 0 Å². The summed E-state index contributed by atoms with van der Waals surface area (Å²) in [5.41, 5.74) is 4.20. The van der Waals surface area contributed by atoms with Crippen LogP contribution in [0.4, 0.5) is 0 Å². The van der Waals surface area contributed by atoms with Crippen molar-refractivity contribution in [1.29, 1.82) is 0 Å². The van der Waals surface area contributed by atoms with E-state index in [-0.39, 0.29) is 0 Å². The minimum absolute atomic E-state index is 0.330. The third-order valence-electron chi connectivity index (χ3n) is 2.96. The lowest BCUT2D eigenvalue weighted by molar-refractivity contribution is 0.482. The molecule has 1 aromatic carbocycles. The predicted molar refractivity (Wildman–Crippen MR) is 58.5 cm³/mol. The van der Waals surface area contributed by atoms with Crippen molar-refractivity contribution in [2.45, 2.75) is 31.7 Å². The zero-order valence-corrected chi connectivity index (χ0v) is 8.45. The first-order valence-electron chi connectivity index (χ1n) is 5.41. The fourth-order valence-corrected chi connectivity index (χ4v) is 1.84. The lowest BCUT2D eigenvalue weighted by atomic mass is 10.0. The van der Waals surface area contributed by atoms with E-state index >= 15 is 0 Å². The maximum absolute atomic E-state index is 5.56. The van der Waals surface area contributed by atoms with Gasteiger partial charge in [-0.15, -0.1) is 0 Å². The molecule has 76 valence electrons. The number of hydrazine groups is 1. The highest BCUT2D eigenvalue weighted by molar-refractivity contribution is 5.18. The third kappa shape index (κ3) is 2.56. The van der Waals surface area contributed by atoms with Crippen molar-refractivity contribution in [3.05, 3.63) is 35.9 Å². The van der Waals surface area contributed by atoms with Gasteiger partial charge in [-0.3, -0.25) is 11.3 Å². The Kier molecular flexibility index (Phi) is 3.17. The van der Waals surface area contributed by atoms with Crippen molar-refractivity contribution in [2.24, 2.45) is 11.8 Å². The number of benzene rings is 1. The standard InChI is InChI=1S/C12H18N2/c13-14-12(9-8-10-6-7-10)11-4-2-1-3-5-11/h1-5,10,12,14H,6-9,13H2. The SMILES string of the molecule is NNC(CCC1CC1)c1ccccc1. The molecule has 0 saturated heterocycles. The fourth-order valence-electron chi connectivity index (χ4n) is 1.84. The summed E-state index contributed by atoms with van der Waals surface area (Å²) in [5, 5.41) is 0. The summed E-state index contributed by atoms with van der Waals surface area (Å²) in [4.78, 5) is 0. The molecule has 14 heavy (non-hydrogen) atoms. The van der Waals surface area contributed by atoms with Crippen LogP contribution in [0.2, 0.25) is 0 Å². The van der Waals surface area contributed by atoms with E-state index in [1.807, 2.05) is 6.07 Å². The molecule has 1 saturated carbocycles. The van der Waals surface area contributed by atoms with Crippen LogP contribution in [-0.2, 0) is 0 Å². The van der Waals surface area contributed by atoms with Crippen LogP contribution in [-0.4, -0.2) is 0 Å². The van der Waals surface area contributed by atoms with E-state index in [2.05, 4.69) is 29.7 Å². The van der Waals surface area contributed by atoms with Crippen molar-refractivity contribution in [2.75, 3.05) is 0 Å². The second-order valence-electron chi connectivity index (χ2n) is 4.15. The Morgan fingerprint density at radius 3 is 2.57 bits per heavy atom. The average molecular weight is 190 g/mol. The number of hydrogen-bond acceptors (Lipinski definition) is 2. The molecule has 0 amide bonds. The van der Waals surface area contributed by atoms with Gasteiger partial charge in [0.25, 0.3) is 0 Å². The summed E-state index contributed by atoms with van der Waals surface area (Å²) in [5.74, 6) is 6.54. The fraction of sp³-hybridized carbons (Fsp3) is 0.500. The van der Waals surface area contributed by atoms with Crippen LogP contribution >= 0.6 is 0 Å². The largest absolute Gasteiger partial charge is 0.271 e. The highest BCUT2D eigenvalue weighted by atomic mass is 15.2. The Hall–Kier alpha value is -0.860. The minimum atomic E-state index is 0.330. The molecule has 0 aliphatic heterocycles. The van der Waals surface area contributed by atoms with Crippen LogP contribution < -0.4 is 11.3 Å². The molecule has 0 bridgehead atoms.